The van der Waals surface area contributed by atoms with Crippen LogP contribution >= 0.6 is 0 Å². The Bertz CT molecular complexity index is 971. The third-order valence-electron chi connectivity index (χ3n) is 4.92. The lowest BCUT2D eigenvalue weighted by Gasteiger charge is -2.24. The molecule has 2 aromatic heterocycles. The van der Waals surface area contributed by atoms with Crippen LogP contribution in [0.3, 0.4) is 0 Å². The number of pyridine rings is 1. The monoisotopic (exact) mass is 380 g/mol. The molecule has 1 saturated heterocycles. The van der Waals surface area contributed by atoms with Gasteiger partial charge >= 0.3 is 0 Å². The van der Waals surface area contributed by atoms with Crippen molar-refractivity contribution in [3.05, 3.63) is 72.2 Å². The van der Waals surface area contributed by atoms with Gasteiger partial charge in [-0.1, -0.05) is 6.07 Å². The quantitative estimate of drug-likeness (QED) is 0.680. The van der Waals surface area contributed by atoms with Crippen LogP contribution in [-0.2, 0) is 4.79 Å². The van der Waals surface area contributed by atoms with Gasteiger partial charge in [0.2, 0.25) is 0 Å². The van der Waals surface area contributed by atoms with Gasteiger partial charge in [-0.2, -0.15) is 0 Å². The summed E-state index contributed by atoms with van der Waals surface area (Å²) in [5.41, 5.74) is 0.859. The highest BCUT2D eigenvalue weighted by atomic mass is 19.1. The first-order valence-corrected chi connectivity index (χ1v) is 9.27. The summed E-state index contributed by atoms with van der Waals surface area (Å²) in [4.78, 5) is 23.5. The summed E-state index contributed by atoms with van der Waals surface area (Å²) >= 11 is 0. The van der Waals surface area contributed by atoms with Gasteiger partial charge in [0.25, 0.3) is 5.91 Å². The molecule has 4 rings (SSSR count). The zero-order valence-corrected chi connectivity index (χ0v) is 15.6. The molecular formula is C21H21FN4O2. The predicted molar refractivity (Wildman–Crippen MR) is 102 cm³/mol. The van der Waals surface area contributed by atoms with Crippen LogP contribution < -0.4 is 4.74 Å². The van der Waals surface area contributed by atoms with Crippen LogP contribution in [-0.4, -0.2) is 38.5 Å². The highest BCUT2D eigenvalue weighted by molar-refractivity contribution is 5.78. The van der Waals surface area contributed by atoms with E-state index < -0.39 is 0 Å². The SMILES string of the molecule is Cc1nccn1-c1cccc([C@@H]2CCCN2C(=O)COc2ccc(F)cc2)n1. The second-order valence-corrected chi connectivity index (χ2v) is 6.75. The van der Waals surface area contributed by atoms with Crippen molar-refractivity contribution in [3.8, 4) is 11.6 Å². The van der Waals surface area contributed by atoms with Crippen molar-refractivity contribution >= 4 is 5.91 Å². The number of carbonyl (C=O) groups is 1. The summed E-state index contributed by atoms with van der Waals surface area (Å²) in [7, 11) is 0. The summed E-state index contributed by atoms with van der Waals surface area (Å²) in [5.74, 6) is 1.68. The molecule has 28 heavy (non-hydrogen) atoms. The van der Waals surface area contributed by atoms with Crippen LogP contribution in [0, 0.1) is 12.7 Å². The second kappa shape index (κ2) is 7.80. The fourth-order valence-electron chi connectivity index (χ4n) is 3.51. The summed E-state index contributed by atoms with van der Waals surface area (Å²) in [6.45, 7) is 2.52. The van der Waals surface area contributed by atoms with Gasteiger partial charge in [-0.05, 0) is 56.2 Å². The summed E-state index contributed by atoms with van der Waals surface area (Å²) in [5, 5.41) is 0. The van der Waals surface area contributed by atoms with Crippen LogP contribution in [0.15, 0.2) is 54.9 Å². The second-order valence-electron chi connectivity index (χ2n) is 6.75. The predicted octanol–water partition coefficient (Wildman–Crippen LogP) is 3.46. The fraction of sp³-hybridized carbons (Fsp3) is 0.286. The average Bonchev–Trinajstić information content (AvgIpc) is 3.36. The number of hydrogen-bond acceptors (Lipinski definition) is 4. The summed E-state index contributed by atoms with van der Waals surface area (Å²) < 4.78 is 20.4. The highest BCUT2D eigenvalue weighted by Gasteiger charge is 2.31. The van der Waals surface area contributed by atoms with Crippen molar-refractivity contribution < 1.29 is 13.9 Å². The molecule has 0 spiro atoms. The molecule has 144 valence electrons. The molecule has 7 heteroatoms. The number of aromatic nitrogens is 3. The Kier molecular flexibility index (Phi) is 5.06. The Balaban J connectivity index is 1.48. The number of amides is 1. The van der Waals surface area contributed by atoms with Gasteiger partial charge < -0.3 is 9.64 Å². The molecule has 1 aliphatic heterocycles. The van der Waals surface area contributed by atoms with Crippen LogP contribution in [0.4, 0.5) is 4.39 Å². The van der Waals surface area contributed by atoms with Gasteiger partial charge in [0.05, 0.1) is 11.7 Å². The number of ether oxygens (including phenoxy) is 1. The van der Waals surface area contributed by atoms with Crippen molar-refractivity contribution in [1.82, 2.24) is 19.4 Å². The van der Waals surface area contributed by atoms with E-state index in [0.717, 1.165) is 30.2 Å². The first-order chi connectivity index (χ1) is 13.6. The lowest BCUT2D eigenvalue weighted by molar-refractivity contribution is -0.134. The normalized spacial score (nSPS) is 16.4. The Labute approximate surface area is 162 Å². The van der Waals surface area contributed by atoms with E-state index >= 15 is 0 Å². The van der Waals surface area contributed by atoms with Crippen molar-refractivity contribution in [3.63, 3.8) is 0 Å². The summed E-state index contributed by atoms with van der Waals surface area (Å²) in [6, 6.07) is 11.4. The number of carbonyl (C=O) groups excluding carboxylic acids is 1. The minimum absolute atomic E-state index is 0.0758. The molecule has 1 atom stereocenters. The third-order valence-corrected chi connectivity index (χ3v) is 4.92. The lowest BCUT2D eigenvalue weighted by atomic mass is 10.1. The molecule has 0 N–H and O–H groups in total. The van der Waals surface area contributed by atoms with E-state index in [1.54, 1.807) is 6.20 Å². The zero-order chi connectivity index (χ0) is 19.5. The number of halogens is 1. The molecule has 0 radical (unpaired) electrons. The Morgan fingerprint density at radius 1 is 1.25 bits per heavy atom. The van der Waals surface area contributed by atoms with Crippen molar-refractivity contribution in [2.45, 2.75) is 25.8 Å². The highest BCUT2D eigenvalue weighted by Crippen LogP contribution is 2.31. The Morgan fingerprint density at radius 3 is 2.82 bits per heavy atom. The smallest absolute Gasteiger partial charge is 0.261 e. The van der Waals surface area contributed by atoms with Crippen LogP contribution in [0.5, 0.6) is 5.75 Å². The number of hydrogen-bond donors (Lipinski definition) is 0. The topological polar surface area (TPSA) is 60.2 Å². The van der Waals surface area contributed by atoms with Gasteiger partial charge in [0, 0.05) is 18.9 Å². The van der Waals surface area contributed by atoms with E-state index in [1.165, 1.54) is 24.3 Å². The number of nitrogens with zero attached hydrogens (tertiary/aromatic N) is 4. The van der Waals surface area contributed by atoms with Crippen molar-refractivity contribution in [1.29, 1.82) is 0 Å². The molecule has 0 bridgehead atoms. The van der Waals surface area contributed by atoms with Crippen LogP contribution in [0.25, 0.3) is 5.82 Å². The molecule has 3 heterocycles. The minimum Gasteiger partial charge on any atom is -0.484 e. The Hall–Kier alpha value is -3.22. The lowest BCUT2D eigenvalue weighted by Crippen LogP contribution is -2.34. The summed E-state index contributed by atoms with van der Waals surface area (Å²) in [6.07, 6.45) is 5.39. The molecule has 0 saturated carbocycles. The minimum atomic E-state index is -0.336. The average molecular weight is 380 g/mol. The zero-order valence-electron chi connectivity index (χ0n) is 15.6. The number of imidazole rings is 1. The van der Waals surface area contributed by atoms with Crippen LogP contribution in [0.2, 0.25) is 0 Å². The molecule has 1 fully saturated rings. The van der Waals surface area contributed by atoms with Gasteiger partial charge in [-0.25, -0.2) is 14.4 Å². The molecule has 1 amide bonds. The van der Waals surface area contributed by atoms with E-state index in [1.807, 2.05) is 40.8 Å². The third kappa shape index (κ3) is 3.74. The number of benzene rings is 1. The molecule has 0 unspecified atom stereocenters. The molecule has 1 aromatic carbocycles. The van der Waals surface area contributed by atoms with Gasteiger partial charge in [-0.3, -0.25) is 9.36 Å². The molecule has 1 aliphatic rings. The number of rotatable bonds is 5. The first-order valence-electron chi connectivity index (χ1n) is 9.27. The molecule has 3 aromatic rings. The van der Waals surface area contributed by atoms with Gasteiger partial charge in [0.1, 0.15) is 23.2 Å². The maximum atomic E-state index is 13.0. The van der Waals surface area contributed by atoms with E-state index in [0.29, 0.717) is 12.3 Å². The van der Waals surface area contributed by atoms with Crippen molar-refractivity contribution in [2.75, 3.05) is 13.2 Å². The van der Waals surface area contributed by atoms with E-state index in [-0.39, 0.29) is 24.4 Å². The number of aryl methyl sites for hydroxylation is 1. The fourth-order valence-corrected chi connectivity index (χ4v) is 3.51. The first kappa shape index (κ1) is 18.2. The van der Waals surface area contributed by atoms with Gasteiger partial charge in [0.15, 0.2) is 6.61 Å². The van der Waals surface area contributed by atoms with Crippen LogP contribution in [0.1, 0.15) is 30.4 Å². The molecule has 0 aliphatic carbocycles. The maximum Gasteiger partial charge on any atom is 0.261 e. The number of likely N-dealkylation sites (tertiary alicyclic amines) is 1. The van der Waals surface area contributed by atoms with Gasteiger partial charge in [-0.15, -0.1) is 0 Å². The van der Waals surface area contributed by atoms with E-state index in [2.05, 4.69) is 4.98 Å². The van der Waals surface area contributed by atoms with Crippen molar-refractivity contribution in [2.24, 2.45) is 0 Å². The molecule has 6 nitrogen and oxygen atoms in total. The molecular weight excluding hydrogens is 359 g/mol. The Morgan fingerprint density at radius 2 is 2.07 bits per heavy atom. The van der Waals surface area contributed by atoms with E-state index in [4.69, 9.17) is 9.72 Å². The standard InChI is InChI=1S/C21H21FN4O2/c1-15-23-11-13-25(15)20-6-2-4-18(24-20)19-5-3-12-26(19)21(27)14-28-17-9-7-16(22)8-10-17/h2,4,6-11,13,19H,3,5,12,14H2,1H3/t19-/m0/s1. The van der Waals surface area contributed by atoms with E-state index in [9.17, 15) is 9.18 Å². The maximum absolute atomic E-state index is 13.0. The largest absolute Gasteiger partial charge is 0.484 e.